The maximum absolute atomic E-state index is 11.1. The standard InChI is InChI=1S/C16H26O3Si/c1-16(2,3)20(5,6)19-14-10-7-13(8-11-14)9-12-15(17)18-4/h7-8,10-11H,9,12H2,1-6H3. The zero-order valence-corrected chi connectivity index (χ0v) is 14.4. The molecule has 112 valence electrons. The first kappa shape index (κ1) is 16.8. The van der Waals surface area contributed by atoms with Crippen LogP contribution >= 0.6 is 0 Å². The molecule has 20 heavy (non-hydrogen) atoms. The Morgan fingerprint density at radius 2 is 1.70 bits per heavy atom. The minimum Gasteiger partial charge on any atom is -0.544 e. The number of hydrogen-bond acceptors (Lipinski definition) is 3. The number of aryl methyl sites for hydroxylation is 1. The average molecular weight is 294 g/mol. The Kier molecular flexibility index (Phi) is 5.40. The molecule has 0 bridgehead atoms. The minimum absolute atomic E-state index is 0.174. The van der Waals surface area contributed by atoms with Gasteiger partial charge >= 0.3 is 5.97 Å². The Hall–Kier alpha value is -1.29. The summed E-state index contributed by atoms with van der Waals surface area (Å²) in [5.41, 5.74) is 1.12. The van der Waals surface area contributed by atoms with Gasteiger partial charge in [0.25, 0.3) is 0 Å². The van der Waals surface area contributed by atoms with Crippen molar-refractivity contribution >= 4 is 14.3 Å². The van der Waals surface area contributed by atoms with Gasteiger partial charge in [-0.15, -0.1) is 0 Å². The van der Waals surface area contributed by atoms with Gasteiger partial charge in [-0.25, -0.2) is 0 Å². The van der Waals surface area contributed by atoms with Gasteiger partial charge in [0.1, 0.15) is 5.75 Å². The number of methoxy groups -OCH3 is 1. The van der Waals surface area contributed by atoms with Crippen LogP contribution in [0.25, 0.3) is 0 Å². The van der Waals surface area contributed by atoms with Crippen LogP contribution in [-0.4, -0.2) is 21.4 Å². The van der Waals surface area contributed by atoms with E-state index in [4.69, 9.17) is 4.43 Å². The number of rotatable bonds is 5. The molecule has 0 aliphatic carbocycles. The van der Waals surface area contributed by atoms with Gasteiger partial charge in [-0.2, -0.15) is 0 Å². The van der Waals surface area contributed by atoms with Crippen molar-refractivity contribution in [2.75, 3.05) is 7.11 Å². The van der Waals surface area contributed by atoms with Crippen LogP contribution < -0.4 is 4.43 Å². The SMILES string of the molecule is COC(=O)CCc1ccc(O[Si](C)(C)C(C)(C)C)cc1. The number of hydrogen-bond donors (Lipinski definition) is 0. The molecule has 0 aromatic heterocycles. The summed E-state index contributed by atoms with van der Waals surface area (Å²) in [5.74, 6) is 0.741. The fourth-order valence-corrected chi connectivity index (χ4v) is 2.55. The molecule has 1 aromatic rings. The molecule has 0 aliphatic rings. The summed E-state index contributed by atoms with van der Waals surface area (Å²) >= 11 is 0. The number of carbonyl (C=O) groups is 1. The summed E-state index contributed by atoms with van der Waals surface area (Å²) in [6, 6.07) is 8.02. The molecule has 0 heterocycles. The molecule has 0 atom stereocenters. The highest BCUT2D eigenvalue weighted by Crippen LogP contribution is 2.37. The lowest BCUT2D eigenvalue weighted by Crippen LogP contribution is -2.43. The highest BCUT2D eigenvalue weighted by Gasteiger charge is 2.38. The number of carbonyl (C=O) groups excluding carboxylic acids is 1. The molecule has 0 unspecified atom stereocenters. The van der Waals surface area contributed by atoms with Gasteiger partial charge in [0, 0.05) is 6.42 Å². The quantitative estimate of drug-likeness (QED) is 0.604. The van der Waals surface area contributed by atoms with Crippen molar-refractivity contribution in [3.05, 3.63) is 29.8 Å². The van der Waals surface area contributed by atoms with Crippen LogP contribution in [0.3, 0.4) is 0 Å². The lowest BCUT2D eigenvalue weighted by molar-refractivity contribution is -0.140. The van der Waals surface area contributed by atoms with Crippen LogP contribution in [0.1, 0.15) is 32.8 Å². The molecule has 3 nitrogen and oxygen atoms in total. The van der Waals surface area contributed by atoms with E-state index in [9.17, 15) is 4.79 Å². The molecule has 0 fully saturated rings. The largest absolute Gasteiger partial charge is 0.544 e. The van der Waals surface area contributed by atoms with Gasteiger partial charge in [-0.1, -0.05) is 32.9 Å². The molecule has 1 rings (SSSR count). The molecule has 0 N–H and O–H groups in total. The third-order valence-corrected chi connectivity index (χ3v) is 8.31. The summed E-state index contributed by atoms with van der Waals surface area (Å²) in [4.78, 5) is 11.1. The van der Waals surface area contributed by atoms with Gasteiger partial charge in [-0.3, -0.25) is 4.79 Å². The summed E-state index contributed by atoms with van der Waals surface area (Å²) in [7, 11) is -0.364. The van der Waals surface area contributed by atoms with Crippen LogP contribution in [-0.2, 0) is 16.0 Å². The van der Waals surface area contributed by atoms with E-state index < -0.39 is 8.32 Å². The number of esters is 1. The van der Waals surface area contributed by atoms with E-state index >= 15 is 0 Å². The van der Waals surface area contributed by atoms with E-state index in [0.29, 0.717) is 12.8 Å². The molecule has 0 saturated heterocycles. The molecule has 0 saturated carbocycles. The van der Waals surface area contributed by atoms with Crippen molar-refractivity contribution in [3.63, 3.8) is 0 Å². The zero-order chi connectivity index (χ0) is 15.4. The van der Waals surface area contributed by atoms with Crippen molar-refractivity contribution in [2.45, 2.75) is 51.7 Å². The Morgan fingerprint density at radius 3 is 2.15 bits per heavy atom. The third kappa shape index (κ3) is 4.67. The highest BCUT2D eigenvalue weighted by atomic mass is 28.4. The highest BCUT2D eigenvalue weighted by molar-refractivity contribution is 6.74. The zero-order valence-electron chi connectivity index (χ0n) is 13.4. The Labute approximate surface area is 123 Å². The fourth-order valence-electron chi connectivity index (χ4n) is 1.52. The van der Waals surface area contributed by atoms with E-state index in [1.54, 1.807) is 0 Å². The topological polar surface area (TPSA) is 35.5 Å². The van der Waals surface area contributed by atoms with Crippen molar-refractivity contribution in [1.82, 2.24) is 0 Å². The van der Waals surface area contributed by atoms with Crippen LogP contribution in [0.4, 0.5) is 0 Å². The van der Waals surface area contributed by atoms with Gasteiger partial charge in [0.05, 0.1) is 7.11 Å². The smallest absolute Gasteiger partial charge is 0.305 e. The Balaban J connectivity index is 2.65. The first-order chi connectivity index (χ1) is 9.15. The maximum Gasteiger partial charge on any atom is 0.305 e. The molecule has 4 heteroatoms. The van der Waals surface area contributed by atoms with Crippen molar-refractivity contribution in [1.29, 1.82) is 0 Å². The lowest BCUT2D eigenvalue weighted by Gasteiger charge is -2.36. The number of benzene rings is 1. The Bertz CT molecular complexity index is 444. The molecule has 1 aromatic carbocycles. The van der Waals surface area contributed by atoms with Gasteiger partial charge in [0.15, 0.2) is 0 Å². The molecule has 0 amide bonds. The monoisotopic (exact) mass is 294 g/mol. The van der Waals surface area contributed by atoms with E-state index in [1.807, 2.05) is 24.3 Å². The molecule has 0 spiro atoms. The maximum atomic E-state index is 11.1. The van der Waals surface area contributed by atoms with Gasteiger partial charge in [0.2, 0.25) is 8.32 Å². The predicted octanol–water partition coefficient (Wildman–Crippen LogP) is 4.18. The van der Waals surface area contributed by atoms with Crippen LogP contribution in [0.15, 0.2) is 24.3 Å². The van der Waals surface area contributed by atoms with Crippen LogP contribution in [0.5, 0.6) is 5.75 Å². The van der Waals surface area contributed by atoms with Crippen molar-refractivity contribution in [3.8, 4) is 5.75 Å². The average Bonchev–Trinajstić information content (AvgIpc) is 2.35. The van der Waals surface area contributed by atoms with Crippen molar-refractivity contribution < 1.29 is 14.0 Å². The second-order valence-corrected chi connectivity index (χ2v) is 11.3. The van der Waals surface area contributed by atoms with E-state index in [2.05, 4.69) is 38.6 Å². The first-order valence-electron chi connectivity index (χ1n) is 7.00. The molecule has 0 aliphatic heterocycles. The van der Waals surface area contributed by atoms with E-state index in [-0.39, 0.29) is 11.0 Å². The van der Waals surface area contributed by atoms with Gasteiger partial charge < -0.3 is 9.16 Å². The summed E-state index contributed by atoms with van der Waals surface area (Å²) < 4.78 is 10.9. The van der Waals surface area contributed by atoms with Gasteiger partial charge in [-0.05, 0) is 42.2 Å². The van der Waals surface area contributed by atoms with Crippen molar-refractivity contribution in [2.24, 2.45) is 0 Å². The predicted molar refractivity (Wildman–Crippen MR) is 84.6 cm³/mol. The normalized spacial score (nSPS) is 12.1. The van der Waals surface area contributed by atoms with E-state index in [1.165, 1.54) is 7.11 Å². The summed E-state index contributed by atoms with van der Waals surface area (Å²) in [5, 5.41) is 0.191. The van der Waals surface area contributed by atoms with Crippen LogP contribution in [0.2, 0.25) is 18.1 Å². The number of ether oxygens (including phenoxy) is 1. The fraction of sp³-hybridized carbons (Fsp3) is 0.562. The second kappa shape index (κ2) is 6.44. The first-order valence-corrected chi connectivity index (χ1v) is 9.91. The van der Waals surface area contributed by atoms with Crippen LogP contribution in [0, 0.1) is 0 Å². The molecule has 0 radical (unpaired) electrons. The summed E-state index contributed by atoms with van der Waals surface area (Å²) in [6.45, 7) is 11.1. The summed E-state index contributed by atoms with van der Waals surface area (Å²) in [6.07, 6.45) is 1.12. The second-order valence-electron chi connectivity index (χ2n) is 6.58. The minimum atomic E-state index is -1.78. The lowest BCUT2D eigenvalue weighted by atomic mass is 10.1. The Morgan fingerprint density at radius 1 is 1.15 bits per heavy atom. The molecular formula is C16H26O3Si. The third-order valence-electron chi connectivity index (χ3n) is 3.95. The van der Waals surface area contributed by atoms with E-state index in [0.717, 1.165) is 11.3 Å². The molecular weight excluding hydrogens is 268 g/mol.